The van der Waals surface area contributed by atoms with Crippen molar-refractivity contribution in [3.05, 3.63) is 64.7 Å². The second-order valence-electron chi connectivity index (χ2n) is 7.26. The highest BCUT2D eigenvalue weighted by atomic mass is 35.5. The van der Waals surface area contributed by atoms with Crippen molar-refractivity contribution in [3.63, 3.8) is 0 Å². The Morgan fingerprint density at radius 2 is 1.71 bits per heavy atom. The van der Waals surface area contributed by atoms with Crippen molar-refractivity contribution in [3.8, 4) is 0 Å². The van der Waals surface area contributed by atoms with Gasteiger partial charge in [0, 0.05) is 17.0 Å². The first-order valence-electron chi connectivity index (χ1n) is 9.49. The Morgan fingerprint density at radius 1 is 1.07 bits per heavy atom. The number of carbonyl (C=O) groups is 1. The molecular weight excluding hydrogens is 396 g/mol. The molecule has 7 heteroatoms. The van der Waals surface area contributed by atoms with Crippen LogP contribution < -0.4 is 4.90 Å². The molecular formula is C21H26ClN2O3S+. The van der Waals surface area contributed by atoms with Crippen LogP contribution in [0, 0.1) is 6.92 Å². The van der Waals surface area contributed by atoms with Gasteiger partial charge in [-0.25, -0.2) is 8.42 Å². The van der Waals surface area contributed by atoms with Crippen molar-refractivity contribution in [2.24, 2.45) is 0 Å². The average molecular weight is 422 g/mol. The smallest absolute Gasteiger partial charge is 0.224 e. The summed E-state index contributed by atoms with van der Waals surface area (Å²) in [5.74, 6) is -0.267. The van der Waals surface area contributed by atoms with Gasteiger partial charge in [0.1, 0.15) is 6.54 Å². The van der Waals surface area contributed by atoms with E-state index < -0.39 is 9.84 Å². The molecule has 5 nitrogen and oxygen atoms in total. The zero-order chi connectivity index (χ0) is 20.1. The van der Waals surface area contributed by atoms with Gasteiger partial charge in [-0.3, -0.25) is 4.79 Å². The summed E-state index contributed by atoms with van der Waals surface area (Å²) in [6, 6.07) is 14.4. The SMILES string of the molecule is Cc1ccccc1C[NH+]1CCN(C(=O)CCS(=O)(=O)c2ccc(Cl)cc2)CC1. The van der Waals surface area contributed by atoms with E-state index in [4.69, 9.17) is 11.6 Å². The normalized spacial score (nSPS) is 15.6. The maximum Gasteiger partial charge on any atom is 0.224 e. The molecule has 0 bridgehead atoms. The lowest BCUT2D eigenvalue weighted by atomic mass is 10.1. The fourth-order valence-electron chi connectivity index (χ4n) is 3.47. The minimum absolute atomic E-state index is 0.0120. The van der Waals surface area contributed by atoms with E-state index >= 15 is 0 Å². The first-order valence-corrected chi connectivity index (χ1v) is 11.5. The third-order valence-electron chi connectivity index (χ3n) is 5.28. The Kier molecular flexibility index (Phi) is 6.75. The summed E-state index contributed by atoms with van der Waals surface area (Å²) in [5.41, 5.74) is 2.63. The number of rotatable bonds is 6. The van der Waals surface area contributed by atoms with E-state index in [1.165, 1.54) is 28.2 Å². The first kappa shape index (κ1) is 20.8. The number of nitrogens with one attached hydrogen (secondary N) is 1. The molecule has 0 aromatic heterocycles. The Morgan fingerprint density at radius 3 is 2.36 bits per heavy atom. The number of nitrogens with zero attached hydrogens (tertiary/aromatic N) is 1. The summed E-state index contributed by atoms with van der Waals surface area (Å²) in [4.78, 5) is 15.9. The van der Waals surface area contributed by atoms with Crippen LogP contribution in [0.3, 0.4) is 0 Å². The molecule has 0 unspecified atom stereocenters. The molecule has 1 saturated heterocycles. The van der Waals surface area contributed by atoms with Gasteiger partial charge in [0.05, 0.1) is 36.8 Å². The fourth-order valence-corrected chi connectivity index (χ4v) is 4.82. The lowest BCUT2D eigenvalue weighted by Gasteiger charge is -2.32. The maximum atomic E-state index is 12.5. The van der Waals surface area contributed by atoms with Crippen molar-refractivity contribution in [1.29, 1.82) is 0 Å². The monoisotopic (exact) mass is 421 g/mol. The van der Waals surface area contributed by atoms with Gasteiger partial charge in [-0.05, 0) is 36.8 Å². The molecule has 0 radical (unpaired) electrons. The molecule has 1 aliphatic heterocycles. The fraction of sp³-hybridized carbons (Fsp3) is 0.381. The minimum atomic E-state index is -3.48. The van der Waals surface area contributed by atoms with Gasteiger partial charge >= 0.3 is 0 Å². The predicted molar refractivity (Wildman–Crippen MR) is 110 cm³/mol. The predicted octanol–water partition coefficient (Wildman–Crippen LogP) is 1.74. The Labute approximate surface area is 171 Å². The van der Waals surface area contributed by atoms with E-state index in [0.29, 0.717) is 18.1 Å². The van der Waals surface area contributed by atoms with Crippen molar-refractivity contribution < 1.29 is 18.1 Å². The van der Waals surface area contributed by atoms with E-state index in [2.05, 4.69) is 25.1 Å². The molecule has 0 atom stereocenters. The minimum Gasteiger partial charge on any atom is -0.331 e. The van der Waals surface area contributed by atoms with Crippen LogP contribution in [-0.2, 0) is 21.2 Å². The molecule has 28 heavy (non-hydrogen) atoms. The zero-order valence-corrected chi connectivity index (χ0v) is 17.6. The lowest BCUT2D eigenvalue weighted by Crippen LogP contribution is -3.13. The van der Waals surface area contributed by atoms with Crippen LogP contribution in [0.15, 0.2) is 53.4 Å². The van der Waals surface area contributed by atoms with Gasteiger partial charge in [0.25, 0.3) is 0 Å². The van der Waals surface area contributed by atoms with E-state index in [1.807, 2.05) is 6.07 Å². The molecule has 0 aliphatic carbocycles. The van der Waals surface area contributed by atoms with Gasteiger partial charge in [-0.15, -0.1) is 0 Å². The number of hydrogen-bond donors (Lipinski definition) is 1. The van der Waals surface area contributed by atoms with Crippen LogP contribution in [0.25, 0.3) is 0 Å². The highest BCUT2D eigenvalue weighted by Gasteiger charge is 2.25. The zero-order valence-electron chi connectivity index (χ0n) is 16.0. The Balaban J connectivity index is 1.48. The van der Waals surface area contributed by atoms with Gasteiger partial charge in [-0.2, -0.15) is 0 Å². The van der Waals surface area contributed by atoms with Gasteiger partial charge in [-0.1, -0.05) is 35.9 Å². The summed E-state index contributed by atoms with van der Waals surface area (Å²) in [6.07, 6.45) is 0.0120. The number of piperazine rings is 1. The van der Waals surface area contributed by atoms with Crippen LogP contribution in [-0.4, -0.2) is 51.2 Å². The van der Waals surface area contributed by atoms with E-state index in [9.17, 15) is 13.2 Å². The molecule has 0 saturated carbocycles. The summed E-state index contributed by atoms with van der Waals surface area (Å²) in [5, 5.41) is 0.487. The molecule has 2 aromatic rings. The topological polar surface area (TPSA) is 58.9 Å². The summed E-state index contributed by atoms with van der Waals surface area (Å²) >= 11 is 5.80. The third-order valence-corrected chi connectivity index (χ3v) is 7.27. The Bertz CT molecular complexity index is 921. The molecule has 150 valence electrons. The standard InChI is InChI=1S/C21H25ClN2O3S/c1-17-4-2-3-5-18(17)16-23-11-13-24(14-12-23)21(25)10-15-28(26,27)20-8-6-19(22)7-9-20/h2-9H,10-16H2,1H3/p+1. The second-order valence-corrected chi connectivity index (χ2v) is 9.80. The van der Waals surface area contributed by atoms with Crippen LogP contribution in [0.2, 0.25) is 5.02 Å². The van der Waals surface area contributed by atoms with E-state index in [0.717, 1.165) is 19.6 Å². The molecule has 1 heterocycles. The number of hydrogen-bond acceptors (Lipinski definition) is 3. The summed E-state index contributed by atoms with van der Waals surface area (Å²) < 4.78 is 24.8. The number of amides is 1. The number of halogens is 1. The van der Waals surface area contributed by atoms with Crippen molar-refractivity contribution in [2.45, 2.75) is 24.8 Å². The van der Waals surface area contributed by atoms with E-state index in [1.54, 1.807) is 17.0 Å². The van der Waals surface area contributed by atoms with Crippen LogP contribution in [0.4, 0.5) is 0 Å². The number of quaternary nitrogens is 1. The molecule has 1 N–H and O–H groups in total. The highest BCUT2D eigenvalue weighted by Crippen LogP contribution is 2.16. The van der Waals surface area contributed by atoms with Gasteiger partial charge in [0.2, 0.25) is 5.91 Å². The lowest BCUT2D eigenvalue weighted by molar-refractivity contribution is -0.917. The van der Waals surface area contributed by atoms with Crippen LogP contribution >= 0.6 is 11.6 Å². The van der Waals surface area contributed by atoms with Crippen LogP contribution in [0.5, 0.6) is 0 Å². The van der Waals surface area contributed by atoms with Gasteiger partial charge in [0.15, 0.2) is 9.84 Å². The molecule has 1 amide bonds. The summed E-state index contributed by atoms with van der Waals surface area (Å²) in [7, 11) is -3.48. The Hall–Kier alpha value is -1.89. The molecule has 1 fully saturated rings. The quantitative estimate of drug-likeness (QED) is 0.772. The van der Waals surface area contributed by atoms with Crippen molar-refractivity contribution in [2.75, 3.05) is 31.9 Å². The van der Waals surface area contributed by atoms with Crippen molar-refractivity contribution in [1.82, 2.24) is 4.90 Å². The average Bonchev–Trinajstić information content (AvgIpc) is 2.69. The van der Waals surface area contributed by atoms with Crippen molar-refractivity contribution >= 4 is 27.3 Å². The van der Waals surface area contributed by atoms with E-state index in [-0.39, 0.29) is 23.0 Å². The largest absolute Gasteiger partial charge is 0.331 e. The maximum absolute atomic E-state index is 12.5. The van der Waals surface area contributed by atoms with Crippen LogP contribution in [0.1, 0.15) is 17.5 Å². The molecule has 1 aliphatic rings. The third kappa shape index (κ3) is 5.34. The first-order chi connectivity index (χ1) is 13.3. The molecule has 2 aromatic carbocycles. The number of carbonyl (C=O) groups excluding carboxylic acids is 1. The van der Waals surface area contributed by atoms with Gasteiger partial charge < -0.3 is 9.80 Å². The number of benzene rings is 2. The highest BCUT2D eigenvalue weighted by molar-refractivity contribution is 7.91. The number of aryl methyl sites for hydroxylation is 1. The number of sulfone groups is 1. The summed E-state index contributed by atoms with van der Waals surface area (Å²) in [6.45, 7) is 6.17. The molecule has 3 rings (SSSR count). The molecule has 0 spiro atoms. The second kappa shape index (κ2) is 9.07.